The number of nitrogens with one attached hydrogen (secondary N) is 1. The van der Waals surface area contributed by atoms with Gasteiger partial charge in [-0.15, -0.1) is 11.8 Å². The summed E-state index contributed by atoms with van der Waals surface area (Å²) in [6.07, 6.45) is 0. The van der Waals surface area contributed by atoms with Crippen LogP contribution in [0.4, 0.5) is 0 Å². The summed E-state index contributed by atoms with van der Waals surface area (Å²) < 4.78 is 0. The van der Waals surface area contributed by atoms with Gasteiger partial charge in [0, 0.05) is 22.3 Å². The van der Waals surface area contributed by atoms with Crippen molar-refractivity contribution < 1.29 is 4.79 Å². The van der Waals surface area contributed by atoms with Gasteiger partial charge < -0.3 is 5.32 Å². The third kappa shape index (κ3) is 5.41. The molecule has 0 unspecified atom stereocenters. The van der Waals surface area contributed by atoms with Gasteiger partial charge in [0.2, 0.25) is 0 Å². The lowest BCUT2D eigenvalue weighted by molar-refractivity contribution is 0.0910. The van der Waals surface area contributed by atoms with Crippen molar-refractivity contribution in [1.29, 1.82) is 0 Å². The minimum atomic E-state index is 0.0182. The fourth-order valence-electron chi connectivity index (χ4n) is 2.77. The lowest BCUT2D eigenvalue weighted by atomic mass is 9.93. The van der Waals surface area contributed by atoms with E-state index in [4.69, 9.17) is 0 Å². The first-order valence-corrected chi connectivity index (χ1v) is 9.53. The number of hydrogen-bond donors (Lipinski definition) is 1. The Morgan fingerprint density at radius 1 is 0.917 bits per heavy atom. The number of hydrogen-bond acceptors (Lipinski definition) is 2. The molecule has 0 atom stereocenters. The molecule has 2 nitrogen and oxygen atoms in total. The van der Waals surface area contributed by atoms with E-state index in [0.717, 1.165) is 11.3 Å². The minimum Gasteiger partial charge on any atom is -0.349 e. The molecule has 0 bridgehead atoms. The van der Waals surface area contributed by atoms with Crippen LogP contribution in [0, 0.1) is 11.8 Å². The molecule has 2 aromatic rings. The maximum atomic E-state index is 12.4. The van der Waals surface area contributed by atoms with E-state index in [-0.39, 0.29) is 11.9 Å². The highest BCUT2D eigenvalue weighted by atomic mass is 32.2. The van der Waals surface area contributed by atoms with Crippen LogP contribution in [0.5, 0.6) is 0 Å². The Hall–Kier alpha value is -1.74. The van der Waals surface area contributed by atoms with Gasteiger partial charge in [0.1, 0.15) is 0 Å². The summed E-state index contributed by atoms with van der Waals surface area (Å²) in [7, 11) is 0. The molecule has 0 heterocycles. The van der Waals surface area contributed by atoms with Crippen molar-refractivity contribution >= 4 is 17.7 Å². The van der Waals surface area contributed by atoms with Crippen LogP contribution in [0.1, 0.15) is 43.6 Å². The molecular weight excluding hydrogens is 314 g/mol. The molecule has 0 spiro atoms. The molecule has 2 aromatic carbocycles. The van der Waals surface area contributed by atoms with Gasteiger partial charge in [-0.3, -0.25) is 4.79 Å². The summed E-state index contributed by atoms with van der Waals surface area (Å²) in [6.45, 7) is 8.59. The number of carbonyl (C=O) groups excluding carboxylic acids is 1. The number of rotatable bonds is 7. The van der Waals surface area contributed by atoms with Crippen molar-refractivity contribution in [2.45, 2.75) is 44.4 Å². The van der Waals surface area contributed by atoms with Gasteiger partial charge in [-0.1, -0.05) is 58.0 Å². The van der Waals surface area contributed by atoms with E-state index in [1.54, 1.807) is 11.8 Å². The molecule has 3 heteroatoms. The molecular formula is C21H27NOS. The summed E-state index contributed by atoms with van der Waals surface area (Å²) in [5.41, 5.74) is 1.96. The number of carbonyl (C=O) groups is 1. The highest BCUT2D eigenvalue weighted by molar-refractivity contribution is 7.98. The van der Waals surface area contributed by atoms with Gasteiger partial charge in [-0.25, -0.2) is 0 Å². The summed E-state index contributed by atoms with van der Waals surface area (Å²) in [5, 5.41) is 3.17. The Balaban J connectivity index is 1.94. The third-order valence-corrected chi connectivity index (χ3v) is 5.18. The molecule has 128 valence electrons. The first-order valence-electron chi connectivity index (χ1n) is 8.55. The quantitative estimate of drug-likeness (QED) is 0.684. The van der Waals surface area contributed by atoms with Crippen LogP contribution in [-0.2, 0) is 5.75 Å². The molecule has 0 saturated carbocycles. The standard InChI is InChI=1S/C21H27NOS/c1-15(2)20(16(3)4)22-21(23)18-12-10-17(11-13-18)14-24-19-8-6-5-7-9-19/h5-13,15-16,20H,14H2,1-4H3,(H,22,23). The first kappa shape index (κ1) is 18.6. The maximum absolute atomic E-state index is 12.4. The van der Waals surface area contributed by atoms with Crippen molar-refractivity contribution in [3.63, 3.8) is 0 Å². The summed E-state index contributed by atoms with van der Waals surface area (Å²) >= 11 is 1.81. The van der Waals surface area contributed by atoms with E-state index in [2.05, 4.69) is 57.3 Å². The molecule has 0 saturated heterocycles. The average Bonchev–Trinajstić information content (AvgIpc) is 2.58. The monoisotopic (exact) mass is 341 g/mol. The number of amides is 1. The van der Waals surface area contributed by atoms with E-state index < -0.39 is 0 Å². The summed E-state index contributed by atoms with van der Waals surface area (Å²) in [5.74, 6) is 1.78. The molecule has 0 aliphatic carbocycles. The second-order valence-electron chi connectivity index (χ2n) is 6.79. The van der Waals surface area contributed by atoms with E-state index >= 15 is 0 Å². The lowest BCUT2D eigenvalue weighted by Crippen LogP contribution is -2.42. The largest absolute Gasteiger partial charge is 0.349 e. The molecule has 0 radical (unpaired) electrons. The van der Waals surface area contributed by atoms with Crippen LogP contribution in [-0.4, -0.2) is 11.9 Å². The SMILES string of the molecule is CC(C)C(NC(=O)c1ccc(CSc2ccccc2)cc1)C(C)C. The van der Waals surface area contributed by atoms with E-state index in [9.17, 15) is 4.79 Å². The number of benzene rings is 2. The highest BCUT2D eigenvalue weighted by Gasteiger charge is 2.20. The van der Waals surface area contributed by atoms with Gasteiger partial charge in [0.15, 0.2) is 0 Å². The Labute approximate surface area is 150 Å². The Kier molecular flexibility index (Phi) is 6.92. The van der Waals surface area contributed by atoms with E-state index in [1.807, 2.05) is 30.3 Å². The zero-order valence-electron chi connectivity index (χ0n) is 15.0. The smallest absolute Gasteiger partial charge is 0.251 e. The van der Waals surface area contributed by atoms with Gasteiger partial charge in [-0.2, -0.15) is 0 Å². The molecule has 0 fully saturated rings. The molecule has 2 rings (SSSR count). The van der Waals surface area contributed by atoms with E-state index in [0.29, 0.717) is 11.8 Å². The van der Waals surface area contributed by atoms with Crippen LogP contribution < -0.4 is 5.32 Å². The molecule has 1 N–H and O–H groups in total. The van der Waals surface area contributed by atoms with E-state index in [1.165, 1.54) is 10.5 Å². The van der Waals surface area contributed by atoms with Crippen molar-refractivity contribution in [3.8, 4) is 0 Å². The maximum Gasteiger partial charge on any atom is 0.251 e. The Morgan fingerprint density at radius 3 is 2.04 bits per heavy atom. The van der Waals surface area contributed by atoms with Crippen molar-refractivity contribution in [3.05, 3.63) is 65.7 Å². The van der Waals surface area contributed by atoms with Crippen molar-refractivity contribution in [2.75, 3.05) is 0 Å². The molecule has 1 amide bonds. The topological polar surface area (TPSA) is 29.1 Å². The van der Waals surface area contributed by atoms with Crippen LogP contribution >= 0.6 is 11.8 Å². The molecule has 24 heavy (non-hydrogen) atoms. The summed E-state index contributed by atoms with van der Waals surface area (Å²) in [4.78, 5) is 13.7. The fraction of sp³-hybridized carbons (Fsp3) is 0.381. The second-order valence-corrected chi connectivity index (χ2v) is 7.83. The average molecular weight is 342 g/mol. The van der Waals surface area contributed by atoms with Crippen molar-refractivity contribution in [1.82, 2.24) is 5.32 Å². The first-order chi connectivity index (χ1) is 11.5. The van der Waals surface area contributed by atoms with Crippen LogP contribution in [0.3, 0.4) is 0 Å². The van der Waals surface area contributed by atoms with Crippen molar-refractivity contribution in [2.24, 2.45) is 11.8 Å². The predicted molar refractivity (Wildman–Crippen MR) is 103 cm³/mol. The predicted octanol–water partition coefficient (Wildman–Crippen LogP) is 5.39. The lowest BCUT2D eigenvalue weighted by Gasteiger charge is -2.26. The van der Waals surface area contributed by atoms with Crippen LogP contribution in [0.2, 0.25) is 0 Å². The molecule has 0 aromatic heterocycles. The van der Waals surface area contributed by atoms with Gasteiger partial charge >= 0.3 is 0 Å². The summed E-state index contributed by atoms with van der Waals surface area (Å²) in [6, 6.07) is 18.5. The fourth-order valence-corrected chi connectivity index (χ4v) is 3.65. The molecule has 0 aliphatic rings. The highest BCUT2D eigenvalue weighted by Crippen LogP contribution is 2.22. The van der Waals surface area contributed by atoms with Crippen LogP contribution in [0.15, 0.2) is 59.5 Å². The van der Waals surface area contributed by atoms with Gasteiger partial charge in [0.05, 0.1) is 0 Å². The number of thioether (sulfide) groups is 1. The zero-order valence-corrected chi connectivity index (χ0v) is 15.8. The minimum absolute atomic E-state index is 0.0182. The molecule has 0 aliphatic heterocycles. The third-order valence-electron chi connectivity index (χ3n) is 4.10. The van der Waals surface area contributed by atoms with Gasteiger partial charge in [-0.05, 0) is 41.7 Å². The Morgan fingerprint density at radius 2 is 1.50 bits per heavy atom. The normalized spacial score (nSPS) is 11.3. The zero-order chi connectivity index (χ0) is 17.5. The second kappa shape index (κ2) is 8.93. The Bertz CT molecular complexity index is 627. The van der Waals surface area contributed by atoms with Gasteiger partial charge in [0.25, 0.3) is 5.91 Å². The van der Waals surface area contributed by atoms with Crippen LogP contribution in [0.25, 0.3) is 0 Å².